The maximum Gasteiger partial charge on any atom is 0.127 e. The Morgan fingerprint density at radius 1 is 0.700 bits per heavy atom. The van der Waals surface area contributed by atoms with E-state index in [-0.39, 0.29) is 13.3 Å². The van der Waals surface area contributed by atoms with Crippen molar-refractivity contribution in [1.29, 1.82) is 0 Å². The summed E-state index contributed by atoms with van der Waals surface area (Å²) in [5.74, 6) is 1.43. The number of benzene rings is 2. The van der Waals surface area contributed by atoms with Gasteiger partial charge in [-0.3, -0.25) is 8.78 Å². The van der Waals surface area contributed by atoms with Gasteiger partial charge >= 0.3 is 0 Å². The van der Waals surface area contributed by atoms with Gasteiger partial charge in [0.15, 0.2) is 0 Å². The summed E-state index contributed by atoms with van der Waals surface area (Å²) >= 11 is 0. The van der Waals surface area contributed by atoms with Gasteiger partial charge in [-0.1, -0.05) is 24.3 Å². The van der Waals surface area contributed by atoms with Crippen LogP contribution in [-0.4, -0.2) is 26.6 Å². The number of rotatable bonds is 8. The highest BCUT2D eigenvalue weighted by Gasteiger charge is 2.06. The second kappa shape index (κ2) is 7.68. The first-order chi connectivity index (χ1) is 9.86. The molecule has 0 heterocycles. The standard InChI is InChI=1S/C16H18F2O2/c17-9-3-11-19-15-7-1-5-13-14(15)6-2-8-16(13)20-12-4-10-18/h1-2,5-8H,3-4,9-12H2. The first-order valence-corrected chi connectivity index (χ1v) is 6.76. The van der Waals surface area contributed by atoms with Gasteiger partial charge in [0, 0.05) is 23.6 Å². The zero-order valence-electron chi connectivity index (χ0n) is 11.3. The van der Waals surface area contributed by atoms with Crippen LogP contribution < -0.4 is 9.47 Å². The summed E-state index contributed by atoms with van der Waals surface area (Å²) in [5.41, 5.74) is 0. The topological polar surface area (TPSA) is 18.5 Å². The third kappa shape index (κ3) is 3.59. The van der Waals surface area contributed by atoms with Crippen molar-refractivity contribution in [1.82, 2.24) is 0 Å². The summed E-state index contributed by atoms with van der Waals surface area (Å²) in [6.45, 7) is -0.0736. The Balaban J connectivity index is 2.21. The predicted octanol–water partition coefficient (Wildman–Crippen LogP) is 4.32. The molecule has 0 radical (unpaired) electrons. The molecule has 0 aliphatic carbocycles. The molecule has 20 heavy (non-hydrogen) atoms. The molecule has 108 valence electrons. The van der Waals surface area contributed by atoms with Crippen molar-refractivity contribution in [3.63, 3.8) is 0 Å². The van der Waals surface area contributed by atoms with Gasteiger partial charge in [-0.25, -0.2) is 0 Å². The summed E-state index contributed by atoms with van der Waals surface area (Å²) in [6, 6.07) is 11.3. The molecular formula is C16H18F2O2. The van der Waals surface area contributed by atoms with Crippen molar-refractivity contribution in [2.75, 3.05) is 26.6 Å². The lowest BCUT2D eigenvalue weighted by Crippen LogP contribution is -2.00. The normalized spacial score (nSPS) is 10.7. The molecule has 0 bridgehead atoms. The Labute approximate surface area is 117 Å². The zero-order chi connectivity index (χ0) is 14.2. The van der Waals surface area contributed by atoms with E-state index in [1.165, 1.54) is 0 Å². The molecular weight excluding hydrogens is 262 g/mol. The molecule has 0 aromatic heterocycles. The monoisotopic (exact) mass is 280 g/mol. The molecule has 0 spiro atoms. The van der Waals surface area contributed by atoms with E-state index in [9.17, 15) is 8.78 Å². The van der Waals surface area contributed by atoms with E-state index in [4.69, 9.17) is 9.47 Å². The molecule has 0 fully saturated rings. The summed E-state index contributed by atoms with van der Waals surface area (Å²) < 4.78 is 35.4. The van der Waals surface area contributed by atoms with Crippen molar-refractivity contribution in [2.24, 2.45) is 0 Å². The lowest BCUT2D eigenvalue weighted by Gasteiger charge is -2.12. The van der Waals surface area contributed by atoms with Crippen LogP contribution in [0.5, 0.6) is 11.5 Å². The molecule has 0 aliphatic heterocycles. The van der Waals surface area contributed by atoms with Crippen molar-refractivity contribution < 1.29 is 18.3 Å². The maximum absolute atomic E-state index is 12.1. The molecule has 4 heteroatoms. The molecule has 0 saturated carbocycles. The van der Waals surface area contributed by atoms with Crippen molar-refractivity contribution >= 4 is 10.8 Å². The lowest BCUT2D eigenvalue weighted by molar-refractivity contribution is 0.290. The fourth-order valence-electron chi connectivity index (χ4n) is 1.98. The minimum atomic E-state index is -0.387. The number of fused-ring (bicyclic) bond motifs is 1. The minimum Gasteiger partial charge on any atom is -0.493 e. The SMILES string of the molecule is FCCCOc1cccc2c(OCCCF)cccc12. The number of alkyl halides is 2. The summed E-state index contributed by atoms with van der Waals surface area (Å²) in [4.78, 5) is 0. The Hall–Kier alpha value is -1.84. The van der Waals surface area contributed by atoms with Crippen LogP contribution in [0.4, 0.5) is 8.78 Å². The maximum atomic E-state index is 12.1. The second-order valence-corrected chi connectivity index (χ2v) is 4.39. The van der Waals surface area contributed by atoms with E-state index in [0.717, 1.165) is 10.8 Å². The van der Waals surface area contributed by atoms with Crippen molar-refractivity contribution in [3.05, 3.63) is 36.4 Å². The minimum absolute atomic E-state index is 0.350. The van der Waals surface area contributed by atoms with Crippen LogP contribution in [0.2, 0.25) is 0 Å². The average Bonchev–Trinajstić information content (AvgIpc) is 2.48. The van der Waals surface area contributed by atoms with Gasteiger partial charge in [0.2, 0.25) is 0 Å². The van der Waals surface area contributed by atoms with E-state index >= 15 is 0 Å². The molecule has 2 rings (SSSR count). The number of hydrogen-bond donors (Lipinski definition) is 0. The van der Waals surface area contributed by atoms with Gasteiger partial charge in [0.25, 0.3) is 0 Å². The Morgan fingerprint density at radius 2 is 1.15 bits per heavy atom. The van der Waals surface area contributed by atoms with Crippen LogP contribution >= 0.6 is 0 Å². The largest absolute Gasteiger partial charge is 0.493 e. The lowest BCUT2D eigenvalue weighted by atomic mass is 10.1. The Morgan fingerprint density at radius 3 is 1.55 bits per heavy atom. The van der Waals surface area contributed by atoms with Gasteiger partial charge in [0.1, 0.15) is 11.5 Å². The number of halogens is 2. The van der Waals surface area contributed by atoms with Crippen molar-refractivity contribution in [3.8, 4) is 11.5 Å². The van der Waals surface area contributed by atoms with Gasteiger partial charge < -0.3 is 9.47 Å². The van der Waals surface area contributed by atoms with Gasteiger partial charge in [-0.15, -0.1) is 0 Å². The smallest absolute Gasteiger partial charge is 0.127 e. The van der Waals surface area contributed by atoms with Crippen LogP contribution in [0.1, 0.15) is 12.8 Å². The molecule has 2 nitrogen and oxygen atoms in total. The Bertz CT molecular complexity index is 494. The van der Waals surface area contributed by atoms with E-state index in [1.807, 2.05) is 36.4 Å². The van der Waals surface area contributed by atoms with E-state index in [1.54, 1.807) is 0 Å². The van der Waals surface area contributed by atoms with Crippen molar-refractivity contribution in [2.45, 2.75) is 12.8 Å². The molecule has 0 N–H and O–H groups in total. The average molecular weight is 280 g/mol. The van der Waals surface area contributed by atoms with Gasteiger partial charge in [0.05, 0.1) is 26.6 Å². The van der Waals surface area contributed by atoms with E-state index in [2.05, 4.69) is 0 Å². The molecule has 0 amide bonds. The molecule has 0 saturated heterocycles. The molecule has 2 aromatic carbocycles. The van der Waals surface area contributed by atoms with Gasteiger partial charge in [-0.2, -0.15) is 0 Å². The van der Waals surface area contributed by atoms with Crippen LogP contribution in [-0.2, 0) is 0 Å². The van der Waals surface area contributed by atoms with Crippen LogP contribution in [0.3, 0.4) is 0 Å². The first-order valence-electron chi connectivity index (χ1n) is 6.76. The Kier molecular flexibility index (Phi) is 5.59. The highest BCUT2D eigenvalue weighted by molar-refractivity contribution is 5.93. The molecule has 0 unspecified atom stereocenters. The van der Waals surface area contributed by atoms with Crippen LogP contribution in [0.25, 0.3) is 10.8 Å². The van der Waals surface area contributed by atoms with Gasteiger partial charge in [-0.05, 0) is 12.1 Å². The van der Waals surface area contributed by atoms with E-state index in [0.29, 0.717) is 37.6 Å². The quantitative estimate of drug-likeness (QED) is 0.671. The fourth-order valence-corrected chi connectivity index (χ4v) is 1.98. The third-order valence-electron chi connectivity index (χ3n) is 2.91. The predicted molar refractivity (Wildman–Crippen MR) is 76.1 cm³/mol. The second-order valence-electron chi connectivity index (χ2n) is 4.39. The molecule has 2 aromatic rings. The summed E-state index contributed by atoms with van der Waals surface area (Å²) in [6.07, 6.45) is 0.756. The van der Waals surface area contributed by atoms with E-state index < -0.39 is 0 Å². The molecule has 0 aliphatic rings. The third-order valence-corrected chi connectivity index (χ3v) is 2.91. The fraction of sp³-hybridized carbons (Fsp3) is 0.375. The first kappa shape index (κ1) is 14.6. The number of hydrogen-bond acceptors (Lipinski definition) is 2. The van der Waals surface area contributed by atoms with Crippen LogP contribution in [0, 0.1) is 0 Å². The number of ether oxygens (including phenoxy) is 2. The zero-order valence-corrected chi connectivity index (χ0v) is 11.3. The highest BCUT2D eigenvalue weighted by Crippen LogP contribution is 2.32. The summed E-state index contributed by atoms with van der Waals surface area (Å²) in [7, 11) is 0. The van der Waals surface area contributed by atoms with Crippen LogP contribution in [0.15, 0.2) is 36.4 Å². The highest BCUT2D eigenvalue weighted by atomic mass is 19.1. The molecule has 0 atom stereocenters. The summed E-state index contributed by atoms with van der Waals surface area (Å²) in [5, 5.41) is 1.84.